The molecule has 0 saturated carbocycles. The number of hydrogen-bond acceptors (Lipinski definition) is 11. The third kappa shape index (κ3) is 34.2. The third-order valence-corrected chi connectivity index (χ3v) is 10.4. The summed E-state index contributed by atoms with van der Waals surface area (Å²) in [5.74, 6) is -0.438. The summed E-state index contributed by atoms with van der Waals surface area (Å²) in [4.78, 5) is 12.9. The number of unbranched alkanes of at least 4 members (excludes halogenated alkanes) is 8. The zero-order valence-electron chi connectivity index (χ0n) is 38.8. The number of hydrogen-bond donors (Lipinski definition) is 4. The zero-order chi connectivity index (χ0) is 46.8. The summed E-state index contributed by atoms with van der Waals surface area (Å²) in [5, 5.41) is 30.7. The second-order valence-electron chi connectivity index (χ2n) is 15.6. The zero-order valence-corrected chi connectivity index (χ0v) is 39.6. The number of aliphatic hydroxyl groups excluding tert-OH is 3. The second kappa shape index (κ2) is 41.2. The fraction of sp³-hybridized carbons (Fsp3) is 0.627. The number of allylic oxidation sites excluding steroid dienone is 17. The Morgan fingerprint density at radius 1 is 0.594 bits per heavy atom. The van der Waals surface area contributed by atoms with Crippen LogP contribution < -0.4 is 0 Å². The van der Waals surface area contributed by atoms with Crippen molar-refractivity contribution in [3.05, 3.63) is 109 Å². The molecule has 1 saturated heterocycles. The van der Waals surface area contributed by atoms with E-state index in [0.29, 0.717) is 19.4 Å². The van der Waals surface area contributed by atoms with Crippen LogP contribution in [-0.4, -0.2) is 97.5 Å². The molecule has 1 aliphatic heterocycles. The van der Waals surface area contributed by atoms with Gasteiger partial charge < -0.3 is 34.3 Å². The van der Waals surface area contributed by atoms with Gasteiger partial charge in [0.15, 0.2) is 6.29 Å². The quantitative estimate of drug-likeness (QED) is 0.0199. The van der Waals surface area contributed by atoms with E-state index in [9.17, 15) is 33.1 Å². The molecule has 1 fully saturated rings. The van der Waals surface area contributed by atoms with E-state index in [1.165, 1.54) is 19.3 Å². The van der Waals surface area contributed by atoms with Gasteiger partial charge in [0.2, 0.25) is 0 Å². The highest BCUT2D eigenvalue weighted by Gasteiger charge is 2.48. The van der Waals surface area contributed by atoms with E-state index in [1.807, 2.05) is 12.2 Å². The lowest BCUT2D eigenvalue weighted by Gasteiger charge is -2.41. The van der Waals surface area contributed by atoms with Gasteiger partial charge in [0.1, 0.15) is 30.5 Å². The number of ether oxygens (including phenoxy) is 4. The lowest BCUT2D eigenvalue weighted by Crippen LogP contribution is -2.60. The van der Waals surface area contributed by atoms with Gasteiger partial charge in [-0.15, -0.1) is 0 Å². The van der Waals surface area contributed by atoms with Crippen LogP contribution in [0.1, 0.15) is 142 Å². The van der Waals surface area contributed by atoms with Gasteiger partial charge in [-0.2, -0.15) is 8.42 Å². The van der Waals surface area contributed by atoms with Crippen LogP contribution in [0, 0.1) is 0 Å². The maximum Gasteiger partial charge on any atom is 0.397 e. The summed E-state index contributed by atoms with van der Waals surface area (Å²) in [6.07, 6.45) is 48.5. The van der Waals surface area contributed by atoms with Gasteiger partial charge >= 0.3 is 16.4 Å². The summed E-state index contributed by atoms with van der Waals surface area (Å²) < 4.78 is 59.0. The molecule has 364 valence electrons. The van der Waals surface area contributed by atoms with E-state index in [2.05, 4.69) is 115 Å². The molecule has 6 atom stereocenters. The van der Waals surface area contributed by atoms with Crippen LogP contribution in [0.2, 0.25) is 0 Å². The van der Waals surface area contributed by atoms with Crippen LogP contribution in [-0.2, 0) is 38.3 Å². The Labute approximate surface area is 386 Å². The number of aliphatic hydroxyl groups is 3. The minimum Gasteiger partial charge on any atom is -0.457 e. The fourth-order valence-electron chi connectivity index (χ4n) is 6.43. The average molecular weight is 919 g/mol. The predicted molar refractivity (Wildman–Crippen MR) is 257 cm³/mol. The first-order valence-electron chi connectivity index (χ1n) is 23.6. The van der Waals surface area contributed by atoms with Crippen LogP contribution >= 0.6 is 0 Å². The molecular formula is C51H82O12S. The smallest absolute Gasteiger partial charge is 0.397 e. The predicted octanol–water partition coefficient (Wildman–Crippen LogP) is 10.4. The van der Waals surface area contributed by atoms with E-state index in [1.54, 1.807) is 0 Å². The molecule has 0 aromatic heterocycles. The molecule has 4 N–H and O–H groups in total. The molecular weight excluding hydrogens is 837 g/mol. The highest BCUT2D eigenvalue weighted by Crippen LogP contribution is 2.26. The van der Waals surface area contributed by atoms with Crippen molar-refractivity contribution in [1.82, 2.24) is 0 Å². The SMILES string of the molecule is CC/C=C\C/C=C\C/C=C\C/C=C\C/C=C\CCOCC(COC1OC(CO)C(O)C(OS(=O)(=O)O)C1O)OC(=O)CCCCCCCCCC/C=C\C/C=C\C/C=C\C/C=C\CC. The van der Waals surface area contributed by atoms with Crippen molar-refractivity contribution in [2.24, 2.45) is 0 Å². The Morgan fingerprint density at radius 2 is 1.03 bits per heavy atom. The number of carbonyl (C=O) groups is 1. The van der Waals surface area contributed by atoms with Crippen molar-refractivity contribution in [1.29, 1.82) is 0 Å². The number of esters is 1. The highest BCUT2D eigenvalue weighted by atomic mass is 32.3. The van der Waals surface area contributed by atoms with E-state index < -0.39 is 59.8 Å². The average Bonchev–Trinajstić information content (AvgIpc) is 3.27. The lowest BCUT2D eigenvalue weighted by molar-refractivity contribution is -0.301. The molecule has 0 spiro atoms. The first kappa shape index (κ1) is 58.8. The van der Waals surface area contributed by atoms with Gasteiger partial charge in [-0.3, -0.25) is 9.35 Å². The third-order valence-electron chi connectivity index (χ3n) is 9.91. The molecule has 64 heavy (non-hydrogen) atoms. The molecule has 13 heteroatoms. The van der Waals surface area contributed by atoms with Crippen LogP contribution in [0.25, 0.3) is 0 Å². The summed E-state index contributed by atoms with van der Waals surface area (Å²) in [6, 6.07) is 0. The molecule has 1 aliphatic rings. The van der Waals surface area contributed by atoms with Crippen LogP contribution in [0.3, 0.4) is 0 Å². The van der Waals surface area contributed by atoms with E-state index >= 15 is 0 Å². The van der Waals surface area contributed by atoms with Crippen molar-refractivity contribution in [2.75, 3.05) is 26.4 Å². The van der Waals surface area contributed by atoms with Gasteiger partial charge in [-0.05, 0) is 83.5 Å². The molecule has 0 aromatic carbocycles. The van der Waals surface area contributed by atoms with Gasteiger partial charge in [0.05, 0.1) is 26.4 Å². The summed E-state index contributed by atoms with van der Waals surface area (Å²) in [6.45, 7) is 3.51. The monoisotopic (exact) mass is 919 g/mol. The van der Waals surface area contributed by atoms with Gasteiger partial charge in [0.25, 0.3) is 0 Å². The lowest BCUT2D eigenvalue weighted by atomic mass is 9.99. The Hall–Kier alpha value is -3.24. The van der Waals surface area contributed by atoms with Crippen LogP contribution in [0.15, 0.2) is 109 Å². The minimum atomic E-state index is -5.08. The van der Waals surface area contributed by atoms with Gasteiger partial charge in [0, 0.05) is 6.42 Å². The maximum atomic E-state index is 12.9. The summed E-state index contributed by atoms with van der Waals surface area (Å²) in [7, 11) is -5.08. The van der Waals surface area contributed by atoms with Crippen molar-refractivity contribution in [3.63, 3.8) is 0 Å². The molecule has 6 unspecified atom stereocenters. The first-order chi connectivity index (χ1) is 31.1. The maximum absolute atomic E-state index is 12.9. The molecule has 0 bridgehead atoms. The van der Waals surface area contributed by atoms with E-state index in [4.69, 9.17) is 18.9 Å². The summed E-state index contributed by atoms with van der Waals surface area (Å²) >= 11 is 0. The summed E-state index contributed by atoms with van der Waals surface area (Å²) in [5.41, 5.74) is 0. The largest absolute Gasteiger partial charge is 0.457 e. The molecule has 0 aromatic rings. The minimum absolute atomic E-state index is 0.0292. The topological polar surface area (TPSA) is 178 Å². The molecule has 0 aliphatic carbocycles. The normalized spacial score (nSPS) is 20.8. The Bertz CT molecular complexity index is 1530. The van der Waals surface area contributed by atoms with Gasteiger partial charge in [-0.1, -0.05) is 162 Å². The van der Waals surface area contributed by atoms with Crippen molar-refractivity contribution >= 4 is 16.4 Å². The van der Waals surface area contributed by atoms with E-state index in [-0.39, 0.29) is 19.6 Å². The first-order valence-corrected chi connectivity index (χ1v) is 25.0. The van der Waals surface area contributed by atoms with Crippen molar-refractivity contribution in [2.45, 2.75) is 179 Å². The van der Waals surface area contributed by atoms with Crippen LogP contribution in [0.4, 0.5) is 0 Å². The molecule has 1 heterocycles. The standard InChI is InChI=1S/C51H82O12S/c1-3-5-7-9-11-13-15-17-19-21-22-23-24-25-26-28-30-32-34-36-38-40-47(53)61-45(44-60-51-49(55)50(63-64(56,57)58)48(54)46(42-52)62-51)43-59-41-39-37-35-33-31-29-27-20-18-16-14-12-10-8-6-4-2/h5-8,11-14,17-20,22-23,29,31,35,37,45-46,48-52,54-55H,3-4,9-10,15-16,21,24-28,30,32-34,36,38-44H2,1-2H3,(H,56,57,58)/b7-5-,8-6-,13-11-,14-12-,19-17-,20-18-,23-22-,31-29-,37-35-. The Balaban J connectivity index is 2.46. The molecule has 0 radical (unpaired) electrons. The molecule has 0 amide bonds. The van der Waals surface area contributed by atoms with Crippen molar-refractivity contribution in [3.8, 4) is 0 Å². The highest BCUT2D eigenvalue weighted by molar-refractivity contribution is 7.80. The van der Waals surface area contributed by atoms with Crippen LogP contribution in [0.5, 0.6) is 0 Å². The number of carbonyl (C=O) groups excluding carboxylic acids is 1. The molecule has 1 rings (SSSR count). The fourth-order valence-corrected chi connectivity index (χ4v) is 6.94. The van der Waals surface area contributed by atoms with Crippen molar-refractivity contribution < 1.29 is 56.2 Å². The number of rotatable bonds is 39. The van der Waals surface area contributed by atoms with Gasteiger partial charge in [-0.25, -0.2) is 4.18 Å². The van der Waals surface area contributed by atoms with E-state index in [0.717, 1.165) is 89.9 Å². The molecule has 12 nitrogen and oxygen atoms in total. The Morgan fingerprint density at radius 3 is 1.50 bits per heavy atom. The Kier molecular flexibility index (Phi) is 37.8. The second-order valence-corrected chi connectivity index (χ2v) is 16.6.